The summed E-state index contributed by atoms with van der Waals surface area (Å²) in [4.78, 5) is 22.7. The first kappa shape index (κ1) is 23.1. The molecule has 1 saturated heterocycles. The maximum atomic E-state index is 13.3. The minimum Gasteiger partial charge on any atom is -0.493 e. The summed E-state index contributed by atoms with van der Waals surface area (Å²) in [6, 6.07) is 13.9. The number of amides is 1. The van der Waals surface area contributed by atoms with Crippen molar-refractivity contribution >= 4 is 22.9 Å². The molecular weight excluding hydrogens is 438 g/mol. The minimum absolute atomic E-state index is 0.0338. The number of nitrogens with zero attached hydrogens (tertiary/aromatic N) is 3. The van der Waals surface area contributed by atoms with Gasteiger partial charge in [0.25, 0.3) is 5.91 Å². The maximum absolute atomic E-state index is 13.3. The number of carbonyl (C=O) groups is 1. The zero-order valence-electron chi connectivity index (χ0n) is 19.5. The van der Waals surface area contributed by atoms with E-state index in [0.717, 1.165) is 53.8 Å². The molecule has 1 aliphatic rings. The Morgan fingerprint density at radius 3 is 2.58 bits per heavy atom. The third-order valence-electron chi connectivity index (χ3n) is 5.72. The monoisotopic (exact) mass is 467 g/mol. The fourth-order valence-corrected chi connectivity index (χ4v) is 5.00. The minimum atomic E-state index is -0.0338. The third-order valence-corrected chi connectivity index (χ3v) is 6.91. The molecule has 1 aromatic heterocycles. The van der Waals surface area contributed by atoms with Gasteiger partial charge in [-0.3, -0.25) is 4.79 Å². The Kier molecular flexibility index (Phi) is 7.15. The van der Waals surface area contributed by atoms with Crippen LogP contribution in [0.3, 0.4) is 0 Å². The molecule has 8 heteroatoms. The lowest BCUT2D eigenvalue weighted by atomic mass is 10.1. The molecule has 0 spiro atoms. The van der Waals surface area contributed by atoms with Gasteiger partial charge >= 0.3 is 0 Å². The summed E-state index contributed by atoms with van der Waals surface area (Å²) in [5, 5.41) is 0.777. The van der Waals surface area contributed by atoms with Crippen LogP contribution >= 0.6 is 11.3 Å². The first-order valence-electron chi connectivity index (χ1n) is 10.9. The van der Waals surface area contributed by atoms with Crippen LogP contribution in [0.2, 0.25) is 0 Å². The summed E-state index contributed by atoms with van der Waals surface area (Å²) in [5.41, 5.74) is 3.90. The van der Waals surface area contributed by atoms with Crippen molar-refractivity contribution in [1.82, 2.24) is 9.88 Å². The van der Waals surface area contributed by atoms with Gasteiger partial charge in [-0.1, -0.05) is 18.2 Å². The number of carbonyl (C=O) groups excluding carboxylic acids is 1. The smallest absolute Gasteiger partial charge is 0.265 e. The molecule has 2 heterocycles. The summed E-state index contributed by atoms with van der Waals surface area (Å²) in [6.45, 7) is 5.57. The van der Waals surface area contributed by atoms with Gasteiger partial charge < -0.3 is 24.0 Å². The number of benzene rings is 2. The molecule has 1 fully saturated rings. The second-order valence-electron chi connectivity index (χ2n) is 7.89. The highest BCUT2D eigenvalue weighted by atomic mass is 32.1. The molecule has 0 aliphatic carbocycles. The molecule has 33 heavy (non-hydrogen) atoms. The number of para-hydroxylation sites is 1. The van der Waals surface area contributed by atoms with Gasteiger partial charge in [0, 0.05) is 37.9 Å². The van der Waals surface area contributed by atoms with E-state index in [9.17, 15) is 4.79 Å². The first-order valence-corrected chi connectivity index (χ1v) is 11.7. The van der Waals surface area contributed by atoms with Crippen molar-refractivity contribution in [1.29, 1.82) is 0 Å². The van der Waals surface area contributed by atoms with E-state index in [-0.39, 0.29) is 5.91 Å². The van der Waals surface area contributed by atoms with E-state index >= 15 is 0 Å². The lowest BCUT2D eigenvalue weighted by Gasteiger charge is -2.31. The van der Waals surface area contributed by atoms with Crippen molar-refractivity contribution in [3.05, 3.63) is 58.6 Å². The zero-order valence-corrected chi connectivity index (χ0v) is 20.3. The number of morpholine rings is 1. The number of aromatic nitrogens is 1. The van der Waals surface area contributed by atoms with E-state index in [1.807, 2.05) is 44.3 Å². The van der Waals surface area contributed by atoms with E-state index in [1.54, 1.807) is 19.1 Å². The predicted octanol–water partition coefficient (Wildman–Crippen LogP) is 4.24. The van der Waals surface area contributed by atoms with Crippen LogP contribution in [-0.4, -0.2) is 63.4 Å². The summed E-state index contributed by atoms with van der Waals surface area (Å²) in [5.74, 6) is 1.26. The fraction of sp³-hybridized carbons (Fsp3) is 0.360. The Morgan fingerprint density at radius 1 is 1.12 bits per heavy atom. The SMILES string of the molecule is COc1ccc(-c2nc(C)c(C(=O)N(C)Cc3ccccc3N3CCOCC3)s2)cc1OC. The van der Waals surface area contributed by atoms with Crippen LogP contribution in [0.4, 0.5) is 5.69 Å². The van der Waals surface area contributed by atoms with Crippen molar-refractivity contribution in [2.75, 3.05) is 52.5 Å². The van der Waals surface area contributed by atoms with E-state index in [0.29, 0.717) is 22.9 Å². The average molecular weight is 468 g/mol. The van der Waals surface area contributed by atoms with Crippen LogP contribution < -0.4 is 14.4 Å². The van der Waals surface area contributed by atoms with Crippen LogP contribution in [0.1, 0.15) is 20.9 Å². The van der Waals surface area contributed by atoms with Crippen LogP contribution in [0, 0.1) is 6.92 Å². The maximum Gasteiger partial charge on any atom is 0.265 e. The molecule has 2 aromatic carbocycles. The lowest BCUT2D eigenvalue weighted by Crippen LogP contribution is -2.37. The van der Waals surface area contributed by atoms with Crippen LogP contribution in [0.25, 0.3) is 10.6 Å². The number of thiazole rings is 1. The van der Waals surface area contributed by atoms with Crippen LogP contribution in [0.5, 0.6) is 11.5 Å². The molecule has 3 aromatic rings. The molecule has 0 unspecified atom stereocenters. The van der Waals surface area contributed by atoms with Crippen molar-refractivity contribution in [2.24, 2.45) is 0 Å². The highest BCUT2D eigenvalue weighted by Gasteiger charge is 2.22. The molecule has 1 aliphatic heterocycles. The standard InChI is InChI=1S/C25H29N3O4S/c1-17-23(33-24(26-17)18-9-10-21(30-3)22(15-18)31-4)25(29)27(2)16-19-7-5-6-8-20(19)28-11-13-32-14-12-28/h5-10,15H,11-14,16H2,1-4H3. The number of ether oxygens (including phenoxy) is 3. The topological polar surface area (TPSA) is 64.1 Å². The fourth-order valence-electron chi connectivity index (χ4n) is 3.95. The summed E-state index contributed by atoms with van der Waals surface area (Å²) >= 11 is 1.40. The highest BCUT2D eigenvalue weighted by Crippen LogP contribution is 2.35. The summed E-state index contributed by atoms with van der Waals surface area (Å²) in [7, 11) is 5.05. The van der Waals surface area contributed by atoms with Gasteiger partial charge in [-0.15, -0.1) is 11.3 Å². The zero-order chi connectivity index (χ0) is 23.4. The molecule has 7 nitrogen and oxygen atoms in total. The molecular formula is C25H29N3O4S. The van der Waals surface area contributed by atoms with Gasteiger partial charge in [-0.2, -0.15) is 0 Å². The normalized spacial score (nSPS) is 13.6. The largest absolute Gasteiger partial charge is 0.493 e. The number of hydrogen-bond acceptors (Lipinski definition) is 7. The van der Waals surface area contributed by atoms with Crippen molar-refractivity contribution in [2.45, 2.75) is 13.5 Å². The Bertz CT molecular complexity index is 1120. The molecule has 0 N–H and O–H groups in total. The highest BCUT2D eigenvalue weighted by molar-refractivity contribution is 7.17. The van der Waals surface area contributed by atoms with Gasteiger partial charge in [0.2, 0.25) is 0 Å². The molecule has 0 bridgehead atoms. The third kappa shape index (κ3) is 4.96. The Hall–Kier alpha value is -3.10. The second-order valence-corrected chi connectivity index (χ2v) is 8.89. The van der Waals surface area contributed by atoms with Gasteiger partial charge in [0.15, 0.2) is 11.5 Å². The summed E-state index contributed by atoms with van der Waals surface area (Å²) < 4.78 is 16.2. The van der Waals surface area contributed by atoms with Gasteiger partial charge in [-0.05, 0) is 36.8 Å². The van der Waals surface area contributed by atoms with Crippen LogP contribution in [-0.2, 0) is 11.3 Å². The molecule has 4 rings (SSSR count). The van der Waals surface area contributed by atoms with Crippen molar-refractivity contribution in [3.63, 3.8) is 0 Å². The van der Waals surface area contributed by atoms with E-state index < -0.39 is 0 Å². The first-order chi connectivity index (χ1) is 16.0. The Labute approximate surface area is 198 Å². The van der Waals surface area contributed by atoms with Crippen LogP contribution in [0.15, 0.2) is 42.5 Å². The van der Waals surface area contributed by atoms with E-state index in [2.05, 4.69) is 22.0 Å². The van der Waals surface area contributed by atoms with Gasteiger partial charge in [-0.25, -0.2) is 4.98 Å². The summed E-state index contributed by atoms with van der Waals surface area (Å²) in [6.07, 6.45) is 0. The quantitative estimate of drug-likeness (QED) is 0.518. The number of methoxy groups -OCH3 is 2. The molecule has 174 valence electrons. The Balaban J connectivity index is 1.54. The number of aryl methyl sites for hydroxylation is 1. The van der Waals surface area contributed by atoms with Gasteiger partial charge in [0.1, 0.15) is 9.88 Å². The predicted molar refractivity (Wildman–Crippen MR) is 131 cm³/mol. The average Bonchev–Trinajstić information content (AvgIpc) is 3.25. The lowest BCUT2D eigenvalue weighted by molar-refractivity contribution is 0.0788. The van der Waals surface area contributed by atoms with E-state index in [4.69, 9.17) is 14.2 Å². The van der Waals surface area contributed by atoms with Crippen molar-refractivity contribution < 1.29 is 19.0 Å². The molecule has 0 saturated carbocycles. The molecule has 0 atom stereocenters. The Morgan fingerprint density at radius 2 is 1.85 bits per heavy atom. The second kappa shape index (κ2) is 10.2. The van der Waals surface area contributed by atoms with Crippen molar-refractivity contribution in [3.8, 4) is 22.1 Å². The number of hydrogen-bond donors (Lipinski definition) is 0. The number of rotatable bonds is 7. The number of anilines is 1. The van der Waals surface area contributed by atoms with Gasteiger partial charge in [0.05, 0.1) is 33.1 Å². The van der Waals surface area contributed by atoms with E-state index in [1.165, 1.54) is 11.3 Å². The molecule has 1 amide bonds. The molecule has 0 radical (unpaired) electrons.